The van der Waals surface area contributed by atoms with Crippen molar-refractivity contribution in [3.8, 4) is 12.3 Å². The summed E-state index contributed by atoms with van der Waals surface area (Å²) in [5, 5.41) is 0.142. The number of rotatable bonds is 4. The second-order valence-corrected chi connectivity index (χ2v) is 9.78. The highest BCUT2D eigenvalue weighted by Crippen LogP contribution is 2.36. The van der Waals surface area contributed by atoms with Crippen molar-refractivity contribution >= 4 is 14.1 Å². The minimum absolute atomic E-state index is 0.00248. The zero-order valence-electron chi connectivity index (χ0n) is 9.81. The summed E-state index contributed by atoms with van der Waals surface area (Å²) in [6.45, 7) is 10.8. The van der Waals surface area contributed by atoms with Crippen LogP contribution in [0.2, 0.25) is 18.1 Å². The lowest BCUT2D eigenvalue weighted by atomic mass is 10.2. The van der Waals surface area contributed by atoms with Gasteiger partial charge in [-0.1, -0.05) is 26.7 Å². The van der Waals surface area contributed by atoms with E-state index in [1.54, 1.807) is 0 Å². The summed E-state index contributed by atoms with van der Waals surface area (Å²) < 4.78 is 5.70. The molecule has 0 fully saturated rings. The summed E-state index contributed by atoms with van der Waals surface area (Å²) in [6.07, 6.45) is 5.21. The molecular weight excluding hydrogens is 192 g/mol. The van der Waals surface area contributed by atoms with Crippen molar-refractivity contribution in [1.29, 1.82) is 0 Å². The summed E-state index contributed by atoms with van der Waals surface area (Å²) in [7, 11) is -1.79. The van der Waals surface area contributed by atoms with Gasteiger partial charge in [0.25, 0.3) is 0 Å². The summed E-state index contributed by atoms with van der Waals surface area (Å²) >= 11 is 0. The highest BCUT2D eigenvalue weighted by molar-refractivity contribution is 6.74. The van der Waals surface area contributed by atoms with Crippen molar-refractivity contribution < 1.29 is 9.22 Å². The molecule has 0 aromatic rings. The topological polar surface area (TPSA) is 26.3 Å². The SMILES string of the molecule is C#CCC(=O)CO[Si](C)(C)C(C)(C)C. The number of carbonyl (C=O) groups is 1. The first-order valence-corrected chi connectivity index (χ1v) is 7.70. The quantitative estimate of drug-likeness (QED) is 0.529. The van der Waals surface area contributed by atoms with E-state index >= 15 is 0 Å². The lowest BCUT2D eigenvalue weighted by molar-refractivity contribution is -0.120. The van der Waals surface area contributed by atoms with Gasteiger partial charge in [0, 0.05) is 0 Å². The molecular formula is C11H20O2Si. The van der Waals surface area contributed by atoms with Crippen molar-refractivity contribution in [2.45, 2.75) is 45.3 Å². The molecule has 0 amide bonds. The van der Waals surface area contributed by atoms with Crippen LogP contribution in [0.4, 0.5) is 0 Å². The van der Waals surface area contributed by atoms with Gasteiger partial charge < -0.3 is 4.43 Å². The Bertz CT molecular complexity index is 243. The Labute approximate surface area is 88.2 Å². The lowest BCUT2D eigenvalue weighted by Gasteiger charge is -2.35. The van der Waals surface area contributed by atoms with Crippen LogP contribution in [0.5, 0.6) is 0 Å². The zero-order valence-corrected chi connectivity index (χ0v) is 10.8. The van der Waals surface area contributed by atoms with E-state index in [2.05, 4.69) is 39.8 Å². The van der Waals surface area contributed by atoms with Gasteiger partial charge >= 0.3 is 0 Å². The van der Waals surface area contributed by atoms with Crippen LogP contribution in [-0.2, 0) is 9.22 Å². The normalized spacial score (nSPS) is 12.3. The maximum atomic E-state index is 11.2. The van der Waals surface area contributed by atoms with Gasteiger partial charge in [0.15, 0.2) is 14.1 Å². The fourth-order valence-electron chi connectivity index (χ4n) is 0.642. The average molecular weight is 212 g/mol. The molecule has 0 rings (SSSR count). The summed E-state index contributed by atoms with van der Waals surface area (Å²) in [6, 6.07) is 0. The second-order valence-electron chi connectivity index (χ2n) is 4.97. The van der Waals surface area contributed by atoms with Crippen molar-refractivity contribution in [2.24, 2.45) is 0 Å². The van der Waals surface area contributed by atoms with Gasteiger partial charge in [-0.05, 0) is 18.1 Å². The Morgan fingerprint density at radius 3 is 2.29 bits per heavy atom. The molecule has 0 bridgehead atoms. The van der Waals surface area contributed by atoms with Crippen LogP contribution in [0, 0.1) is 12.3 Å². The molecule has 3 heteroatoms. The van der Waals surface area contributed by atoms with Gasteiger partial charge in [-0.15, -0.1) is 6.42 Å². The van der Waals surface area contributed by atoms with Crippen molar-refractivity contribution in [3.63, 3.8) is 0 Å². The van der Waals surface area contributed by atoms with E-state index in [0.717, 1.165) is 0 Å². The molecule has 0 aliphatic carbocycles. The van der Waals surface area contributed by atoms with Crippen LogP contribution in [0.1, 0.15) is 27.2 Å². The van der Waals surface area contributed by atoms with Crippen LogP contribution in [0.25, 0.3) is 0 Å². The minimum atomic E-state index is -1.79. The summed E-state index contributed by atoms with van der Waals surface area (Å²) in [5.74, 6) is 2.33. The van der Waals surface area contributed by atoms with E-state index in [1.165, 1.54) is 0 Å². The molecule has 14 heavy (non-hydrogen) atoms. The third-order valence-corrected chi connectivity index (χ3v) is 7.18. The Morgan fingerprint density at radius 1 is 1.43 bits per heavy atom. The summed E-state index contributed by atoms with van der Waals surface area (Å²) in [5.41, 5.74) is 0. The molecule has 0 radical (unpaired) electrons. The van der Waals surface area contributed by atoms with Crippen LogP contribution in [0.3, 0.4) is 0 Å². The Morgan fingerprint density at radius 2 is 1.93 bits per heavy atom. The average Bonchev–Trinajstić information content (AvgIpc) is 1.99. The predicted octanol–water partition coefficient (Wildman–Crippen LogP) is 2.60. The molecule has 0 aromatic heterocycles. The van der Waals surface area contributed by atoms with Crippen molar-refractivity contribution in [1.82, 2.24) is 0 Å². The van der Waals surface area contributed by atoms with E-state index in [-0.39, 0.29) is 23.8 Å². The molecule has 0 aliphatic rings. The van der Waals surface area contributed by atoms with Crippen LogP contribution in [0.15, 0.2) is 0 Å². The molecule has 0 saturated heterocycles. The number of carbonyl (C=O) groups excluding carboxylic acids is 1. The predicted molar refractivity (Wildman–Crippen MR) is 61.6 cm³/mol. The second kappa shape index (κ2) is 4.76. The first-order valence-electron chi connectivity index (χ1n) is 4.80. The number of hydrogen-bond donors (Lipinski definition) is 0. The Hall–Kier alpha value is -0.593. The Balaban J connectivity index is 4.14. The van der Waals surface area contributed by atoms with Crippen molar-refractivity contribution in [2.75, 3.05) is 6.61 Å². The van der Waals surface area contributed by atoms with E-state index in [9.17, 15) is 4.79 Å². The fraction of sp³-hybridized carbons (Fsp3) is 0.727. The maximum Gasteiger partial charge on any atom is 0.192 e. The highest BCUT2D eigenvalue weighted by atomic mass is 28.4. The summed E-state index contributed by atoms with van der Waals surface area (Å²) in [4.78, 5) is 11.2. The molecule has 80 valence electrons. The van der Waals surface area contributed by atoms with E-state index in [1.807, 2.05) is 0 Å². The first-order chi connectivity index (χ1) is 6.20. The standard InChI is InChI=1S/C11H20O2Si/c1-7-8-10(12)9-13-14(5,6)11(2,3)4/h1H,8-9H2,2-6H3. The van der Waals surface area contributed by atoms with Crippen LogP contribution >= 0.6 is 0 Å². The zero-order chi connectivity index (χ0) is 11.4. The molecule has 0 saturated carbocycles. The lowest BCUT2D eigenvalue weighted by Crippen LogP contribution is -2.42. The molecule has 0 atom stereocenters. The molecule has 0 unspecified atom stereocenters. The van der Waals surface area contributed by atoms with E-state index in [0.29, 0.717) is 0 Å². The van der Waals surface area contributed by atoms with Gasteiger partial charge in [0.05, 0.1) is 13.0 Å². The Kier molecular flexibility index (Phi) is 4.56. The van der Waals surface area contributed by atoms with Crippen LogP contribution < -0.4 is 0 Å². The van der Waals surface area contributed by atoms with Gasteiger partial charge in [-0.2, -0.15) is 0 Å². The van der Waals surface area contributed by atoms with Crippen molar-refractivity contribution in [3.05, 3.63) is 0 Å². The van der Waals surface area contributed by atoms with Gasteiger partial charge in [-0.25, -0.2) is 0 Å². The molecule has 2 nitrogen and oxygen atoms in total. The maximum absolute atomic E-state index is 11.2. The van der Waals surface area contributed by atoms with Gasteiger partial charge in [0.2, 0.25) is 0 Å². The van der Waals surface area contributed by atoms with Crippen LogP contribution in [-0.4, -0.2) is 20.7 Å². The number of ketones is 1. The number of Topliss-reactive ketones (excluding diaryl/α,β-unsaturated/α-hetero) is 1. The third-order valence-electron chi connectivity index (χ3n) is 2.70. The minimum Gasteiger partial charge on any atom is -0.409 e. The number of hydrogen-bond acceptors (Lipinski definition) is 2. The van der Waals surface area contributed by atoms with E-state index < -0.39 is 8.32 Å². The third kappa shape index (κ3) is 4.08. The molecule has 0 spiro atoms. The van der Waals surface area contributed by atoms with Gasteiger partial charge in [0.1, 0.15) is 0 Å². The van der Waals surface area contributed by atoms with Gasteiger partial charge in [-0.3, -0.25) is 4.79 Å². The monoisotopic (exact) mass is 212 g/mol. The largest absolute Gasteiger partial charge is 0.409 e. The fourth-order valence-corrected chi connectivity index (χ4v) is 1.60. The molecule has 0 aliphatic heterocycles. The molecule has 0 N–H and O–H groups in total. The number of terminal acetylenes is 1. The first kappa shape index (κ1) is 13.4. The smallest absolute Gasteiger partial charge is 0.192 e. The highest BCUT2D eigenvalue weighted by Gasteiger charge is 2.37. The van der Waals surface area contributed by atoms with E-state index in [4.69, 9.17) is 10.8 Å². The molecule has 0 heterocycles. The molecule has 0 aromatic carbocycles.